The van der Waals surface area contributed by atoms with E-state index in [2.05, 4.69) is 6.58 Å². The minimum Gasteiger partial charge on any atom is -0.388 e. The van der Waals surface area contributed by atoms with E-state index < -0.39 is 24.6 Å². The zero-order chi connectivity index (χ0) is 9.84. The lowest BCUT2D eigenvalue weighted by Gasteiger charge is -2.34. The summed E-state index contributed by atoms with van der Waals surface area (Å²) in [4.78, 5) is 0. The molecule has 1 aliphatic heterocycles. The smallest absolute Gasteiger partial charge is 0.183 e. The van der Waals surface area contributed by atoms with E-state index in [4.69, 9.17) is 9.47 Å². The van der Waals surface area contributed by atoms with Gasteiger partial charge in [0.25, 0.3) is 0 Å². The third-order valence-corrected chi connectivity index (χ3v) is 1.86. The van der Waals surface area contributed by atoms with Gasteiger partial charge in [0.1, 0.15) is 18.3 Å². The fourth-order valence-electron chi connectivity index (χ4n) is 1.14. The summed E-state index contributed by atoms with van der Waals surface area (Å²) in [5.41, 5.74) is 0. The van der Waals surface area contributed by atoms with Gasteiger partial charge < -0.3 is 24.8 Å². The van der Waals surface area contributed by atoms with E-state index in [-0.39, 0.29) is 13.2 Å². The van der Waals surface area contributed by atoms with Crippen LogP contribution in [-0.2, 0) is 9.47 Å². The van der Waals surface area contributed by atoms with Crippen molar-refractivity contribution in [1.82, 2.24) is 0 Å². The van der Waals surface area contributed by atoms with Crippen molar-refractivity contribution in [2.45, 2.75) is 24.6 Å². The molecular formula is C8H14O5. The Hall–Kier alpha value is -0.460. The minimum absolute atomic E-state index is 0.0870. The molecule has 1 fully saturated rings. The minimum atomic E-state index is -1.20. The molecule has 0 saturated carbocycles. The molecule has 5 heteroatoms. The molecular weight excluding hydrogens is 176 g/mol. The van der Waals surface area contributed by atoms with Gasteiger partial charge in [0.15, 0.2) is 6.29 Å². The van der Waals surface area contributed by atoms with Crippen LogP contribution in [0.1, 0.15) is 0 Å². The molecule has 4 atom stereocenters. The van der Waals surface area contributed by atoms with Gasteiger partial charge in [-0.05, 0) is 0 Å². The molecule has 0 bridgehead atoms. The highest BCUT2D eigenvalue weighted by Gasteiger charge is 2.38. The second-order valence-electron chi connectivity index (χ2n) is 2.87. The van der Waals surface area contributed by atoms with E-state index in [0.29, 0.717) is 0 Å². The van der Waals surface area contributed by atoms with Gasteiger partial charge in [-0.25, -0.2) is 0 Å². The SMILES string of the molecule is C=CCO[C@@H]1C(O)OC[C@@H](O)[C@H]1O. The second kappa shape index (κ2) is 4.69. The van der Waals surface area contributed by atoms with E-state index in [1.807, 2.05) is 0 Å². The molecule has 76 valence electrons. The normalized spacial score (nSPS) is 40.2. The Morgan fingerprint density at radius 2 is 2.15 bits per heavy atom. The first-order valence-corrected chi connectivity index (χ1v) is 4.05. The van der Waals surface area contributed by atoms with Gasteiger partial charge in [0.05, 0.1) is 13.2 Å². The monoisotopic (exact) mass is 190 g/mol. The van der Waals surface area contributed by atoms with Crippen molar-refractivity contribution in [2.24, 2.45) is 0 Å². The summed E-state index contributed by atoms with van der Waals surface area (Å²) in [6.07, 6.45) is -2.76. The van der Waals surface area contributed by atoms with Crippen LogP contribution in [0.25, 0.3) is 0 Å². The maximum absolute atomic E-state index is 9.39. The summed E-state index contributed by atoms with van der Waals surface area (Å²) in [7, 11) is 0. The lowest BCUT2D eigenvalue weighted by Crippen LogP contribution is -2.54. The predicted molar refractivity (Wildman–Crippen MR) is 43.9 cm³/mol. The van der Waals surface area contributed by atoms with Crippen molar-refractivity contribution in [3.63, 3.8) is 0 Å². The number of aliphatic hydroxyl groups is 3. The zero-order valence-electron chi connectivity index (χ0n) is 7.17. The molecule has 1 rings (SSSR count). The summed E-state index contributed by atoms with van der Waals surface area (Å²) < 4.78 is 9.78. The number of hydrogen-bond acceptors (Lipinski definition) is 5. The Balaban J connectivity index is 2.50. The third-order valence-electron chi connectivity index (χ3n) is 1.86. The number of hydrogen-bond donors (Lipinski definition) is 3. The molecule has 1 heterocycles. The van der Waals surface area contributed by atoms with Crippen LogP contribution in [0.4, 0.5) is 0 Å². The molecule has 0 spiro atoms. The number of rotatable bonds is 3. The van der Waals surface area contributed by atoms with Crippen LogP contribution in [0.5, 0.6) is 0 Å². The molecule has 13 heavy (non-hydrogen) atoms. The van der Waals surface area contributed by atoms with Crippen molar-refractivity contribution >= 4 is 0 Å². The molecule has 0 aliphatic carbocycles. The first-order valence-electron chi connectivity index (χ1n) is 4.05. The van der Waals surface area contributed by atoms with Gasteiger partial charge >= 0.3 is 0 Å². The first kappa shape index (κ1) is 10.6. The Kier molecular flexibility index (Phi) is 3.83. The standard InChI is InChI=1S/C8H14O5/c1-2-3-12-7-6(10)5(9)4-13-8(7)11/h2,5-11H,1,3-4H2/t5-,6-,7+,8?/m1/s1. The fourth-order valence-corrected chi connectivity index (χ4v) is 1.14. The second-order valence-corrected chi connectivity index (χ2v) is 2.87. The molecule has 3 N–H and O–H groups in total. The quantitative estimate of drug-likeness (QED) is 0.478. The maximum Gasteiger partial charge on any atom is 0.183 e. The van der Waals surface area contributed by atoms with Gasteiger partial charge in [-0.15, -0.1) is 6.58 Å². The summed E-state index contributed by atoms with van der Waals surface area (Å²) in [5, 5.41) is 27.8. The van der Waals surface area contributed by atoms with E-state index in [1.54, 1.807) is 0 Å². The summed E-state index contributed by atoms with van der Waals surface area (Å²) >= 11 is 0. The molecule has 0 radical (unpaired) electrons. The summed E-state index contributed by atoms with van der Waals surface area (Å²) in [6, 6.07) is 0. The Bertz CT molecular complexity index is 172. The van der Waals surface area contributed by atoms with Crippen molar-refractivity contribution in [3.05, 3.63) is 12.7 Å². The van der Waals surface area contributed by atoms with Gasteiger partial charge in [0, 0.05) is 0 Å². The molecule has 0 aromatic heterocycles. The third kappa shape index (κ3) is 2.49. The summed E-state index contributed by atoms with van der Waals surface area (Å²) in [5.74, 6) is 0. The van der Waals surface area contributed by atoms with Crippen molar-refractivity contribution in [1.29, 1.82) is 0 Å². The van der Waals surface area contributed by atoms with Crippen LogP contribution in [0, 0.1) is 0 Å². The average Bonchev–Trinajstić information content (AvgIpc) is 2.12. The van der Waals surface area contributed by atoms with Crippen LogP contribution in [0.15, 0.2) is 12.7 Å². The van der Waals surface area contributed by atoms with Crippen molar-refractivity contribution in [2.75, 3.05) is 13.2 Å². The maximum atomic E-state index is 9.39. The lowest BCUT2D eigenvalue weighted by molar-refractivity contribution is -0.262. The zero-order valence-corrected chi connectivity index (χ0v) is 7.17. The van der Waals surface area contributed by atoms with Crippen LogP contribution in [0.2, 0.25) is 0 Å². The number of aliphatic hydroxyl groups excluding tert-OH is 3. The van der Waals surface area contributed by atoms with Crippen LogP contribution in [-0.4, -0.2) is 53.1 Å². The molecule has 0 aromatic carbocycles. The predicted octanol–water partition coefficient (Wildman–Crippen LogP) is -1.37. The molecule has 1 saturated heterocycles. The van der Waals surface area contributed by atoms with Gasteiger partial charge in [-0.2, -0.15) is 0 Å². The molecule has 5 nitrogen and oxygen atoms in total. The highest BCUT2D eigenvalue weighted by Crippen LogP contribution is 2.16. The summed E-state index contributed by atoms with van der Waals surface area (Å²) in [6.45, 7) is 3.52. The van der Waals surface area contributed by atoms with Crippen LogP contribution >= 0.6 is 0 Å². The fraction of sp³-hybridized carbons (Fsp3) is 0.750. The van der Waals surface area contributed by atoms with Crippen molar-refractivity contribution in [3.8, 4) is 0 Å². The lowest BCUT2D eigenvalue weighted by atomic mass is 10.1. The Morgan fingerprint density at radius 1 is 1.46 bits per heavy atom. The van der Waals surface area contributed by atoms with E-state index in [1.165, 1.54) is 6.08 Å². The van der Waals surface area contributed by atoms with Gasteiger partial charge in [-0.3, -0.25) is 0 Å². The Morgan fingerprint density at radius 3 is 2.77 bits per heavy atom. The van der Waals surface area contributed by atoms with Crippen LogP contribution in [0.3, 0.4) is 0 Å². The van der Waals surface area contributed by atoms with Gasteiger partial charge in [-0.1, -0.05) is 6.08 Å². The molecule has 0 amide bonds. The van der Waals surface area contributed by atoms with Crippen LogP contribution < -0.4 is 0 Å². The van der Waals surface area contributed by atoms with E-state index in [0.717, 1.165) is 0 Å². The first-order chi connectivity index (χ1) is 6.16. The van der Waals surface area contributed by atoms with Gasteiger partial charge in [0.2, 0.25) is 0 Å². The molecule has 0 aromatic rings. The largest absolute Gasteiger partial charge is 0.388 e. The van der Waals surface area contributed by atoms with E-state index >= 15 is 0 Å². The van der Waals surface area contributed by atoms with E-state index in [9.17, 15) is 15.3 Å². The highest BCUT2D eigenvalue weighted by molar-refractivity contribution is 4.84. The average molecular weight is 190 g/mol. The molecule has 1 unspecified atom stereocenters. The topological polar surface area (TPSA) is 79.2 Å². The number of ether oxygens (including phenoxy) is 2. The highest BCUT2D eigenvalue weighted by atomic mass is 16.6. The Labute approximate surface area is 76.2 Å². The molecule has 1 aliphatic rings. The van der Waals surface area contributed by atoms with Crippen molar-refractivity contribution < 1.29 is 24.8 Å².